The summed E-state index contributed by atoms with van der Waals surface area (Å²) in [5.41, 5.74) is 2.35. The SMILES string of the molecule is CCn1c(C2CCNC2)nc2cc(Br)ccc21. The third-order valence-electron chi connectivity index (χ3n) is 3.48. The van der Waals surface area contributed by atoms with E-state index in [-0.39, 0.29) is 0 Å². The highest BCUT2D eigenvalue weighted by Gasteiger charge is 2.22. The number of nitrogens with zero attached hydrogens (tertiary/aromatic N) is 2. The van der Waals surface area contributed by atoms with Gasteiger partial charge in [-0.1, -0.05) is 15.9 Å². The molecule has 2 heterocycles. The molecule has 0 radical (unpaired) electrons. The topological polar surface area (TPSA) is 29.9 Å². The van der Waals surface area contributed by atoms with Crippen molar-refractivity contribution in [1.82, 2.24) is 14.9 Å². The third-order valence-corrected chi connectivity index (χ3v) is 3.97. The molecule has 17 heavy (non-hydrogen) atoms. The molecule has 0 aliphatic carbocycles. The minimum absolute atomic E-state index is 0.570. The lowest BCUT2D eigenvalue weighted by Gasteiger charge is -2.10. The second-order valence-electron chi connectivity index (χ2n) is 4.54. The standard InChI is InChI=1S/C13H16BrN3/c1-2-17-12-4-3-10(14)7-11(12)16-13(17)9-5-6-15-8-9/h3-4,7,9,15H,2,5-6,8H2,1H3. The summed E-state index contributed by atoms with van der Waals surface area (Å²) in [6.45, 7) is 5.35. The molecule has 1 atom stereocenters. The lowest BCUT2D eigenvalue weighted by Crippen LogP contribution is -2.12. The number of rotatable bonds is 2. The average Bonchev–Trinajstić information content (AvgIpc) is 2.94. The lowest BCUT2D eigenvalue weighted by molar-refractivity contribution is 0.631. The van der Waals surface area contributed by atoms with E-state index in [9.17, 15) is 0 Å². The van der Waals surface area contributed by atoms with E-state index in [1.807, 2.05) is 0 Å². The number of hydrogen-bond acceptors (Lipinski definition) is 2. The average molecular weight is 294 g/mol. The number of fused-ring (bicyclic) bond motifs is 1. The molecule has 0 saturated carbocycles. The summed E-state index contributed by atoms with van der Waals surface area (Å²) in [6.07, 6.45) is 1.20. The number of aromatic nitrogens is 2. The molecule has 1 aliphatic heterocycles. The van der Waals surface area contributed by atoms with Gasteiger partial charge < -0.3 is 9.88 Å². The summed E-state index contributed by atoms with van der Waals surface area (Å²) in [5.74, 6) is 1.81. The van der Waals surface area contributed by atoms with Gasteiger partial charge in [-0.05, 0) is 38.1 Å². The van der Waals surface area contributed by atoms with Crippen molar-refractivity contribution in [2.75, 3.05) is 13.1 Å². The second-order valence-corrected chi connectivity index (χ2v) is 5.45. The molecule has 0 amide bonds. The van der Waals surface area contributed by atoms with Gasteiger partial charge in [-0.15, -0.1) is 0 Å². The second kappa shape index (κ2) is 4.42. The highest BCUT2D eigenvalue weighted by Crippen LogP contribution is 2.27. The van der Waals surface area contributed by atoms with Crippen LogP contribution in [0.25, 0.3) is 11.0 Å². The van der Waals surface area contributed by atoms with Crippen molar-refractivity contribution in [2.45, 2.75) is 25.8 Å². The molecular weight excluding hydrogens is 278 g/mol. The Bertz CT molecular complexity index is 541. The zero-order valence-electron chi connectivity index (χ0n) is 9.91. The van der Waals surface area contributed by atoms with Gasteiger partial charge in [-0.3, -0.25) is 0 Å². The predicted molar refractivity (Wildman–Crippen MR) is 73.3 cm³/mol. The molecular formula is C13H16BrN3. The van der Waals surface area contributed by atoms with Crippen LogP contribution in [0.2, 0.25) is 0 Å². The zero-order valence-corrected chi connectivity index (χ0v) is 11.5. The molecule has 4 heteroatoms. The first-order valence-corrected chi connectivity index (χ1v) is 6.95. The molecule has 3 nitrogen and oxygen atoms in total. The van der Waals surface area contributed by atoms with Crippen molar-refractivity contribution in [3.05, 3.63) is 28.5 Å². The smallest absolute Gasteiger partial charge is 0.114 e. The molecule has 1 aliphatic rings. The Kier molecular flexibility index (Phi) is 2.92. The first kappa shape index (κ1) is 11.2. The summed E-state index contributed by atoms with van der Waals surface area (Å²) in [6, 6.07) is 6.35. The Morgan fingerprint density at radius 3 is 3.12 bits per heavy atom. The maximum atomic E-state index is 4.82. The van der Waals surface area contributed by atoms with Gasteiger partial charge in [0.05, 0.1) is 11.0 Å². The lowest BCUT2D eigenvalue weighted by atomic mass is 10.1. The van der Waals surface area contributed by atoms with E-state index < -0.39 is 0 Å². The van der Waals surface area contributed by atoms with Crippen LogP contribution in [-0.2, 0) is 6.54 Å². The molecule has 1 saturated heterocycles. The van der Waals surface area contributed by atoms with Gasteiger partial charge in [0.1, 0.15) is 5.82 Å². The van der Waals surface area contributed by atoms with Crippen molar-refractivity contribution in [3.8, 4) is 0 Å². The third kappa shape index (κ3) is 1.89. The summed E-state index contributed by atoms with van der Waals surface area (Å²) in [7, 11) is 0. The van der Waals surface area contributed by atoms with Crippen molar-refractivity contribution in [2.24, 2.45) is 0 Å². The number of benzene rings is 1. The zero-order chi connectivity index (χ0) is 11.8. The van der Waals surface area contributed by atoms with E-state index in [0.29, 0.717) is 5.92 Å². The van der Waals surface area contributed by atoms with Crippen LogP contribution in [0, 0.1) is 0 Å². The van der Waals surface area contributed by atoms with Crippen molar-refractivity contribution in [3.63, 3.8) is 0 Å². The Balaban J connectivity index is 2.16. The first-order chi connectivity index (χ1) is 8.29. The molecule has 1 unspecified atom stereocenters. The molecule has 0 spiro atoms. The first-order valence-electron chi connectivity index (χ1n) is 6.16. The van der Waals surface area contributed by atoms with Gasteiger partial charge in [0, 0.05) is 23.5 Å². The Labute approximate surface area is 109 Å². The largest absolute Gasteiger partial charge is 0.328 e. The number of hydrogen-bond donors (Lipinski definition) is 1. The van der Waals surface area contributed by atoms with E-state index in [2.05, 4.69) is 50.9 Å². The molecule has 0 bridgehead atoms. The van der Waals surface area contributed by atoms with Crippen LogP contribution in [0.1, 0.15) is 25.1 Å². The van der Waals surface area contributed by atoms with Crippen molar-refractivity contribution < 1.29 is 0 Å². The number of nitrogens with one attached hydrogen (secondary N) is 1. The quantitative estimate of drug-likeness (QED) is 0.923. The fourth-order valence-corrected chi connectivity index (χ4v) is 2.99. The van der Waals surface area contributed by atoms with Gasteiger partial charge in [0.2, 0.25) is 0 Å². The monoisotopic (exact) mass is 293 g/mol. The normalized spacial score (nSPS) is 20.2. The van der Waals surface area contributed by atoms with E-state index in [4.69, 9.17) is 4.98 Å². The van der Waals surface area contributed by atoms with Crippen LogP contribution in [0.15, 0.2) is 22.7 Å². The summed E-state index contributed by atoms with van der Waals surface area (Å²) in [5, 5.41) is 3.42. The maximum Gasteiger partial charge on any atom is 0.114 e. The highest BCUT2D eigenvalue weighted by molar-refractivity contribution is 9.10. The van der Waals surface area contributed by atoms with E-state index >= 15 is 0 Å². The molecule has 2 aromatic rings. The van der Waals surface area contributed by atoms with E-state index in [0.717, 1.165) is 29.6 Å². The van der Waals surface area contributed by atoms with Gasteiger partial charge in [0.15, 0.2) is 0 Å². The highest BCUT2D eigenvalue weighted by atomic mass is 79.9. The van der Waals surface area contributed by atoms with Crippen LogP contribution >= 0.6 is 15.9 Å². The van der Waals surface area contributed by atoms with Crippen LogP contribution in [0.5, 0.6) is 0 Å². The Morgan fingerprint density at radius 1 is 1.53 bits per heavy atom. The summed E-state index contributed by atoms with van der Waals surface area (Å²) >= 11 is 3.51. The van der Waals surface area contributed by atoms with Gasteiger partial charge in [-0.25, -0.2) is 4.98 Å². The van der Waals surface area contributed by atoms with E-state index in [1.54, 1.807) is 0 Å². The van der Waals surface area contributed by atoms with Gasteiger partial charge in [-0.2, -0.15) is 0 Å². The Morgan fingerprint density at radius 2 is 2.41 bits per heavy atom. The Hall–Kier alpha value is -0.870. The van der Waals surface area contributed by atoms with Gasteiger partial charge in [0.25, 0.3) is 0 Å². The fourth-order valence-electron chi connectivity index (χ4n) is 2.64. The number of halogens is 1. The van der Waals surface area contributed by atoms with E-state index in [1.165, 1.54) is 17.8 Å². The molecule has 1 aromatic carbocycles. The van der Waals surface area contributed by atoms with Crippen LogP contribution in [0.4, 0.5) is 0 Å². The molecule has 1 aromatic heterocycles. The van der Waals surface area contributed by atoms with Gasteiger partial charge >= 0.3 is 0 Å². The molecule has 3 rings (SSSR count). The van der Waals surface area contributed by atoms with Crippen LogP contribution < -0.4 is 5.32 Å². The maximum absolute atomic E-state index is 4.82. The number of aryl methyl sites for hydroxylation is 1. The van der Waals surface area contributed by atoms with Crippen LogP contribution in [-0.4, -0.2) is 22.6 Å². The molecule has 1 fully saturated rings. The summed E-state index contributed by atoms with van der Waals surface area (Å²) in [4.78, 5) is 4.82. The van der Waals surface area contributed by atoms with Crippen molar-refractivity contribution in [1.29, 1.82) is 0 Å². The number of imidazole rings is 1. The predicted octanol–water partition coefficient (Wildman–Crippen LogP) is 2.90. The fraction of sp³-hybridized carbons (Fsp3) is 0.462. The minimum Gasteiger partial charge on any atom is -0.328 e. The minimum atomic E-state index is 0.570. The summed E-state index contributed by atoms with van der Waals surface area (Å²) < 4.78 is 3.45. The molecule has 90 valence electrons. The van der Waals surface area contributed by atoms with Crippen molar-refractivity contribution >= 4 is 27.0 Å². The van der Waals surface area contributed by atoms with Crippen LogP contribution in [0.3, 0.4) is 0 Å². The molecule has 1 N–H and O–H groups in total.